The summed E-state index contributed by atoms with van der Waals surface area (Å²) in [6.45, 7) is 0.333. The molecule has 0 spiro atoms. The first-order valence-electron chi connectivity index (χ1n) is 3.28. The van der Waals surface area contributed by atoms with Gasteiger partial charge in [0.2, 0.25) is 0 Å². The van der Waals surface area contributed by atoms with Gasteiger partial charge in [-0.25, -0.2) is 0 Å². The lowest BCUT2D eigenvalue weighted by atomic mass is 10.2. The van der Waals surface area contributed by atoms with E-state index in [0.717, 1.165) is 5.56 Å². The van der Waals surface area contributed by atoms with E-state index in [2.05, 4.69) is 0 Å². The Hall–Kier alpha value is -0.690. The molecule has 0 saturated heterocycles. The van der Waals surface area contributed by atoms with Crippen molar-refractivity contribution in [3.8, 4) is 0 Å². The van der Waals surface area contributed by atoms with Gasteiger partial charge in [0, 0.05) is 12.6 Å². The van der Waals surface area contributed by atoms with Crippen molar-refractivity contribution >= 4 is 28.3 Å². The number of hydrogen-bond acceptors (Lipinski definition) is 3. The van der Waals surface area contributed by atoms with Gasteiger partial charge in [0.05, 0.1) is 8.49 Å². The molecule has 1 aromatic carbocycles. The predicted molar refractivity (Wildman–Crippen MR) is 53.7 cm³/mol. The van der Waals surface area contributed by atoms with E-state index in [4.69, 9.17) is 5.73 Å². The smallest absolute Gasteiger partial charge is 0.282 e. The summed E-state index contributed by atoms with van der Waals surface area (Å²) >= 11 is 1.93. The van der Waals surface area contributed by atoms with Gasteiger partial charge in [-0.15, -0.1) is 0 Å². The topological polar surface area (TPSA) is 69.2 Å². The molecular formula is C7H7IN2O2. The SMILES string of the molecule is NCc1cccc([N+](=O)[O-])c1I. The van der Waals surface area contributed by atoms with Gasteiger partial charge >= 0.3 is 0 Å². The molecule has 0 aliphatic rings. The predicted octanol–water partition coefficient (Wildman–Crippen LogP) is 1.66. The number of halogens is 1. The van der Waals surface area contributed by atoms with E-state index < -0.39 is 4.92 Å². The highest BCUT2D eigenvalue weighted by Gasteiger charge is 2.12. The first-order chi connectivity index (χ1) is 5.66. The highest BCUT2D eigenvalue weighted by Crippen LogP contribution is 2.23. The van der Waals surface area contributed by atoms with Crippen LogP contribution < -0.4 is 5.73 Å². The van der Waals surface area contributed by atoms with Crippen LogP contribution in [0, 0.1) is 13.7 Å². The first-order valence-corrected chi connectivity index (χ1v) is 4.36. The number of nitro groups is 1. The number of nitro benzene ring substituents is 1. The normalized spacial score (nSPS) is 9.83. The van der Waals surface area contributed by atoms with Crippen molar-refractivity contribution in [3.05, 3.63) is 37.4 Å². The molecule has 4 nitrogen and oxygen atoms in total. The third-order valence-corrected chi connectivity index (χ3v) is 2.72. The van der Waals surface area contributed by atoms with Crippen LogP contribution in [0.3, 0.4) is 0 Å². The van der Waals surface area contributed by atoms with Gasteiger partial charge in [0.25, 0.3) is 5.69 Å². The summed E-state index contributed by atoms with van der Waals surface area (Å²) in [5, 5.41) is 10.4. The lowest BCUT2D eigenvalue weighted by Crippen LogP contribution is -2.01. The molecule has 0 amide bonds. The fourth-order valence-electron chi connectivity index (χ4n) is 0.865. The average molecular weight is 278 g/mol. The van der Waals surface area contributed by atoms with E-state index in [-0.39, 0.29) is 5.69 Å². The molecule has 0 fully saturated rings. The summed E-state index contributed by atoms with van der Waals surface area (Å²) in [5.41, 5.74) is 6.33. The molecule has 0 aliphatic heterocycles. The highest BCUT2D eigenvalue weighted by molar-refractivity contribution is 14.1. The Bertz CT molecular complexity index is 314. The molecule has 0 saturated carbocycles. The Balaban J connectivity index is 3.23. The molecule has 0 heterocycles. The molecule has 0 radical (unpaired) electrons. The Morgan fingerprint density at radius 2 is 2.25 bits per heavy atom. The molecule has 12 heavy (non-hydrogen) atoms. The van der Waals surface area contributed by atoms with Gasteiger partial charge in [0.15, 0.2) is 0 Å². The van der Waals surface area contributed by atoms with Crippen LogP contribution in [0.2, 0.25) is 0 Å². The summed E-state index contributed by atoms with van der Waals surface area (Å²) in [7, 11) is 0. The Morgan fingerprint density at radius 3 is 2.75 bits per heavy atom. The minimum Gasteiger partial charge on any atom is -0.326 e. The number of nitrogens with two attached hydrogens (primary N) is 1. The minimum atomic E-state index is -0.402. The molecule has 0 atom stereocenters. The van der Waals surface area contributed by atoms with Crippen LogP contribution in [0.5, 0.6) is 0 Å². The molecule has 0 bridgehead atoms. The summed E-state index contributed by atoms with van der Waals surface area (Å²) in [6, 6.07) is 4.90. The van der Waals surface area contributed by atoms with Crippen LogP contribution in [0.1, 0.15) is 5.56 Å². The molecule has 1 aromatic rings. The van der Waals surface area contributed by atoms with Crippen molar-refractivity contribution < 1.29 is 4.92 Å². The standard InChI is InChI=1S/C7H7IN2O2/c8-7-5(4-9)2-1-3-6(7)10(11)12/h1-3H,4,9H2. The zero-order valence-corrected chi connectivity index (χ0v) is 8.32. The van der Waals surface area contributed by atoms with Crippen molar-refractivity contribution in [2.24, 2.45) is 5.73 Å². The average Bonchev–Trinajstić information content (AvgIpc) is 2.04. The molecule has 64 valence electrons. The van der Waals surface area contributed by atoms with Crippen LogP contribution in [0.15, 0.2) is 18.2 Å². The second-order valence-electron chi connectivity index (χ2n) is 2.21. The number of rotatable bonds is 2. The van der Waals surface area contributed by atoms with Crippen LogP contribution in [0.25, 0.3) is 0 Å². The fraction of sp³-hybridized carbons (Fsp3) is 0.143. The van der Waals surface area contributed by atoms with E-state index in [1.807, 2.05) is 22.6 Å². The van der Waals surface area contributed by atoms with Crippen molar-refractivity contribution in [2.45, 2.75) is 6.54 Å². The molecule has 5 heteroatoms. The fourth-order valence-corrected chi connectivity index (χ4v) is 1.64. The summed E-state index contributed by atoms with van der Waals surface area (Å²) in [6.07, 6.45) is 0. The number of nitrogens with zero attached hydrogens (tertiary/aromatic N) is 1. The van der Waals surface area contributed by atoms with Gasteiger partial charge in [-0.3, -0.25) is 10.1 Å². The van der Waals surface area contributed by atoms with Gasteiger partial charge in [-0.1, -0.05) is 12.1 Å². The quantitative estimate of drug-likeness (QED) is 0.508. The van der Waals surface area contributed by atoms with Crippen molar-refractivity contribution in [1.29, 1.82) is 0 Å². The summed E-state index contributed by atoms with van der Waals surface area (Å²) < 4.78 is 0.627. The monoisotopic (exact) mass is 278 g/mol. The zero-order chi connectivity index (χ0) is 9.14. The highest BCUT2D eigenvalue weighted by atomic mass is 127. The largest absolute Gasteiger partial charge is 0.326 e. The van der Waals surface area contributed by atoms with Gasteiger partial charge < -0.3 is 5.73 Å². The van der Waals surface area contributed by atoms with Crippen molar-refractivity contribution in [3.63, 3.8) is 0 Å². The van der Waals surface area contributed by atoms with E-state index in [1.54, 1.807) is 12.1 Å². The molecule has 0 aromatic heterocycles. The number of hydrogen-bond donors (Lipinski definition) is 1. The minimum absolute atomic E-state index is 0.124. The maximum Gasteiger partial charge on any atom is 0.282 e. The zero-order valence-electron chi connectivity index (χ0n) is 6.16. The molecular weight excluding hydrogens is 271 g/mol. The Kier molecular flexibility index (Phi) is 2.99. The Morgan fingerprint density at radius 1 is 1.58 bits per heavy atom. The van der Waals surface area contributed by atoms with Crippen LogP contribution >= 0.6 is 22.6 Å². The maximum absolute atomic E-state index is 10.4. The second kappa shape index (κ2) is 3.81. The van der Waals surface area contributed by atoms with Crippen LogP contribution in [-0.4, -0.2) is 4.92 Å². The van der Waals surface area contributed by atoms with Gasteiger partial charge in [0.1, 0.15) is 0 Å². The van der Waals surface area contributed by atoms with E-state index in [0.29, 0.717) is 10.1 Å². The van der Waals surface area contributed by atoms with Gasteiger partial charge in [-0.2, -0.15) is 0 Å². The van der Waals surface area contributed by atoms with E-state index in [9.17, 15) is 10.1 Å². The lowest BCUT2D eigenvalue weighted by Gasteiger charge is -2.00. The first kappa shape index (κ1) is 9.40. The molecule has 1 rings (SSSR count). The summed E-state index contributed by atoms with van der Waals surface area (Å²) in [5.74, 6) is 0. The Labute approximate surface area is 83.1 Å². The van der Waals surface area contributed by atoms with Crippen molar-refractivity contribution in [2.75, 3.05) is 0 Å². The third kappa shape index (κ3) is 1.72. The molecule has 2 N–H and O–H groups in total. The summed E-state index contributed by atoms with van der Waals surface area (Å²) in [4.78, 5) is 10.0. The third-order valence-electron chi connectivity index (χ3n) is 1.47. The molecule has 0 unspecified atom stereocenters. The van der Waals surface area contributed by atoms with Gasteiger partial charge in [-0.05, 0) is 28.2 Å². The van der Waals surface area contributed by atoms with Crippen molar-refractivity contribution in [1.82, 2.24) is 0 Å². The van der Waals surface area contributed by atoms with Crippen LogP contribution in [-0.2, 0) is 6.54 Å². The number of benzene rings is 1. The van der Waals surface area contributed by atoms with Crippen LogP contribution in [0.4, 0.5) is 5.69 Å². The second-order valence-corrected chi connectivity index (χ2v) is 3.29. The van der Waals surface area contributed by atoms with E-state index >= 15 is 0 Å². The maximum atomic E-state index is 10.4. The lowest BCUT2D eigenvalue weighted by molar-refractivity contribution is -0.385. The molecule has 0 aliphatic carbocycles. The van der Waals surface area contributed by atoms with E-state index in [1.165, 1.54) is 6.07 Å².